The van der Waals surface area contributed by atoms with Crippen molar-refractivity contribution in [2.45, 2.75) is 38.8 Å². The fourth-order valence-corrected chi connectivity index (χ4v) is 3.75. The van der Waals surface area contributed by atoms with Crippen molar-refractivity contribution < 1.29 is 9.47 Å². The van der Waals surface area contributed by atoms with E-state index in [1.165, 1.54) is 0 Å². The lowest BCUT2D eigenvalue weighted by Crippen LogP contribution is -2.24. The van der Waals surface area contributed by atoms with Crippen molar-refractivity contribution in [3.05, 3.63) is 53.1 Å². The van der Waals surface area contributed by atoms with Gasteiger partial charge in [-0.1, -0.05) is 26.8 Å². The molecule has 34 heavy (non-hydrogen) atoms. The highest BCUT2D eigenvalue weighted by Crippen LogP contribution is 2.33. The van der Waals surface area contributed by atoms with E-state index in [4.69, 9.17) is 9.47 Å². The maximum Gasteiger partial charge on any atom is 0.320 e. The Kier molecular flexibility index (Phi) is 6.55. The van der Waals surface area contributed by atoms with Gasteiger partial charge in [0.1, 0.15) is 17.3 Å². The highest BCUT2D eigenvalue weighted by molar-refractivity contribution is 6.01. The van der Waals surface area contributed by atoms with E-state index in [1.54, 1.807) is 18.3 Å². The van der Waals surface area contributed by atoms with Gasteiger partial charge in [-0.15, -0.1) is 0 Å². The number of benzene rings is 2. The number of nitriles is 1. The molecule has 1 unspecified atom stereocenters. The third-order valence-electron chi connectivity index (χ3n) is 5.51. The van der Waals surface area contributed by atoms with Crippen molar-refractivity contribution in [1.29, 1.82) is 5.26 Å². The molecule has 0 spiro atoms. The van der Waals surface area contributed by atoms with Crippen molar-refractivity contribution in [3.63, 3.8) is 0 Å². The Labute approximate surface area is 200 Å². The number of aliphatic imine (C=N–C) groups is 3. The molecule has 2 heterocycles. The van der Waals surface area contributed by atoms with E-state index in [1.807, 2.05) is 37.2 Å². The van der Waals surface area contributed by atoms with Crippen LogP contribution < -0.4 is 19.7 Å². The Morgan fingerprint density at radius 2 is 1.97 bits per heavy atom. The van der Waals surface area contributed by atoms with Crippen LogP contribution in [0.1, 0.15) is 43.9 Å². The molecule has 4 rings (SSSR count). The molecule has 8 heteroatoms. The van der Waals surface area contributed by atoms with Crippen molar-refractivity contribution in [2.24, 2.45) is 15.0 Å². The average Bonchev–Trinajstić information content (AvgIpc) is 3.33. The van der Waals surface area contributed by atoms with Crippen molar-refractivity contribution >= 4 is 23.8 Å². The Morgan fingerprint density at radius 3 is 2.65 bits per heavy atom. The molecular weight excluding hydrogens is 428 g/mol. The van der Waals surface area contributed by atoms with E-state index in [9.17, 15) is 5.26 Å². The molecule has 2 aromatic carbocycles. The van der Waals surface area contributed by atoms with Gasteiger partial charge >= 0.3 is 6.02 Å². The quantitative estimate of drug-likeness (QED) is 0.734. The van der Waals surface area contributed by atoms with E-state index < -0.39 is 6.23 Å². The fraction of sp³-hybridized carbons (Fsp3) is 0.385. The van der Waals surface area contributed by atoms with Gasteiger partial charge in [0.25, 0.3) is 0 Å². The standard InChI is InChI=1S/C26H30N6O2/c1-26(2,3)21-7-6-17(16-27)12-22(21)34-25-30-9-8-23(31-25)33-20-14-18(24-28-10-11-29-24)13-19(15-20)32(4)5/h6-7,9,12-15,23H,8,10-11H2,1-5H3,(H,28,29). The number of hydrogen-bond donors (Lipinski definition) is 1. The van der Waals surface area contributed by atoms with E-state index in [-0.39, 0.29) is 11.4 Å². The lowest BCUT2D eigenvalue weighted by atomic mass is 9.86. The molecule has 2 aliphatic heterocycles. The van der Waals surface area contributed by atoms with Gasteiger partial charge in [-0.3, -0.25) is 4.99 Å². The molecule has 0 amide bonds. The third-order valence-corrected chi connectivity index (χ3v) is 5.51. The molecule has 0 aromatic heterocycles. The van der Waals surface area contributed by atoms with E-state index >= 15 is 0 Å². The summed E-state index contributed by atoms with van der Waals surface area (Å²) in [6, 6.07) is 13.9. The summed E-state index contributed by atoms with van der Waals surface area (Å²) in [6.07, 6.45) is 1.79. The van der Waals surface area contributed by atoms with Crippen LogP contribution in [0.4, 0.5) is 5.69 Å². The normalized spacial score (nSPS) is 17.4. The van der Waals surface area contributed by atoms with E-state index in [2.05, 4.69) is 53.2 Å². The molecule has 0 saturated heterocycles. The van der Waals surface area contributed by atoms with Gasteiger partial charge in [0.05, 0.1) is 18.2 Å². The number of nitrogens with zero attached hydrogens (tertiary/aromatic N) is 5. The molecule has 0 saturated carbocycles. The molecule has 0 aliphatic carbocycles. The van der Waals surface area contributed by atoms with Crippen LogP contribution in [-0.4, -0.2) is 51.5 Å². The lowest BCUT2D eigenvalue weighted by molar-refractivity contribution is 0.216. The largest absolute Gasteiger partial charge is 0.468 e. The molecule has 2 aromatic rings. The first-order chi connectivity index (χ1) is 16.2. The first-order valence-corrected chi connectivity index (χ1v) is 11.3. The van der Waals surface area contributed by atoms with E-state index in [0.29, 0.717) is 23.5 Å². The van der Waals surface area contributed by atoms with Crippen LogP contribution in [0.25, 0.3) is 0 Å². The molecule has 0 fully saturated rings. The van der Waals surface area contributed by atoms with Crippen LogP contribution in [0.15, 0.2) is 51.4 Å². The molecule has 0 bridgehead atoms. The van der Waals surface area contributed by atoms with Crippen molar-refractivity contribution in [3.8, 4) is 17.6 Å². The second-order valence-corrected chi connectivity index (χ2v) is 9.47. The summed E-state index contributed by atoms with van der Waals surface area (Å²) >= 11 is 0. The minimum Gasteiger partial charge on any atom is -0.468 e. The van der Waals surface area contributed by atoms with Gasteiger partial charge in [-0.05, 0) is 29.7 Å². The second kappa shape index (κ2) is 9.56. The maximum absolute atomic E-state index is 9.33. The van der Waals surface area contributed by atoms with Crippen LogP contribution in [-0.2, 0) is 5.41 Å². The Bertz CT molecular complexity index is 1200. The van der Waals surface area contributed by atoms with Gasteiger partial charge in [0.15, 0.2) is 6.23 Å². The summed E-state index contributed by atoms with van der Waals surface area (Å²) in [5, 5.41) is 12.6. The van der Waals surface area contributed by atoms with Gasteiger partial charge < -0.3 is 19.7 Å². The third kappa shape index (κ3) is 5.37. The van der Waals surface area contributed by atoms with Crippen LogP contribution >= 0.6 is 0 Å². The fourth-order valence-electron chi connectivity index (χ4n) is 3.75. The summed E-state index contributed by atoms with van der Waals surface area (Å²) in [7, 11) is 3.98. The van der Waals surface area contributed by atoms with Crippen molar-refractivity contribution in [1.82, 2.24) is 5.32 Å². The zero-order valence-electron chi connectivity index (χ0n) is 20.3. The van der Waals surface area contributed by atoms with Crippen LogP contribution in [0.3, 0.4) is 0 Å². The van der Waals surface area contributed by atoms with Gasteiger partial charge in [0.2, 0.25) is 0 Å². The van der Waals surface area contributed by atoms with E-state index in [0.717, 1.165) is 35.7 Å². The molecule has 1 N–H and O–H groups in total. The zero-order chi connectivity index (χ0) is 24.3. The smallest absolute Gasteiger partial charge is 0.320 e. The number of ether oxygens (including phenoxy) is 2. The number of hydrogen-bond acceptors (Lipinski definition) is 8. The molecule has 2 aliphatic rings. The zero-order valence-corrected chi connectivity index (χ0v) is 20.3. The number of nitrogens with one attached hydrogen (secondary N) is 1. The predicted octanol–water partition coefficient (Wildman–Crippen LogP) is 3.89. The minimum atomic E-state index is -0.478. The summed E-state index contributed by atoms with van der Waals surface area (Å²) < 4.78 is 12.3. The number of anilines is 1. The summed E-state index contributed by atoms with van der Waals surface area (Å²) in [4.78, 5) is 15.5. The highest BCUT2D eigenvalue weighted by Gasteiger charge is 2.23. The number of rotatable bonds is 5. The molecule has 176 valence electrons. The highest BCUT2D eigenvalue weighted by atomic mass is 16.5. The second-order valence-electron chi connectivity index (χ2n) is 9.47. The van der Waals surface area contributed by atoms with Gasteiger partial charge in [-0.25, -0.2) is 4.99 Å². The minimum absolute atomic E-state index is 0.168. The van der Waals surface area contributed by atoms with Crippen LogP contribution in [0, 0.1) is 11.3 Å². The first-order valence-electron chi connectivity index (χ1n) is 11.3. The molecular formula is C26H30N6O2. The molecule has 1 atom stereocenters. The molecule has 0 radical (unpaired) electrons. The summed E-state index contributed by atoms with van der Waals surface area (Å²) in [5.74, 6) is 2.14. The monoisotopic (exact) mass is 458 g/mol. The van der Waals surface area contributed by atoms with Gasteiger partial charge in [0, 0.05) is 56.2 Å². The van der Waals surface area contributed by atoms with Gasteiger partial charge in [-0.2, -0.15) is 10.3 Å². The predicted molar refractivity (Wildman–Crippen MR) is 136 cm³/mol. The van der Waals surface area contributed by atoms with Crippen LogP contribution in [0.5, 0.6) is 11.5 Å². The maximum atomic E-state index is 9.33. The molecule has 8 nitrogen and oxygen atoms in total. The Hall–Kier alpha value is -3.86. The average molecular weight is 459 g/mol. The SMILES string of the molecule is CN(C)c1cc(OC2CC=NC(Oc3cc(C#N)ccc3C(C)(C)C)=N2)cc(C2=NCCN2)c1. The lowest BCUT2D eigenvalue weighted by Gasteiger charge is -2.24. The topological polar surface area (TPSA) is 94.6 Å². The number of amidine groups is 2. The Morgan fingerprint density at radius 1 is 1.15 bits per heavy atom. The van der Waals surface area contributed by atoms with Crippen molar-refractivity contribution in [2.75, 3.05) is 32.1 Å². The van der Waals surface area contributed by atoms with Crippen LogP contribution in [0.2, 0.25) is 0 Å². The summed E-state index contributed by atoms with van der Waals surface area (Å²) in [6.45, 7) is 7.89. The Balaban J connectivity index is 1.58. The first kappa shape index (κ1) is 23.3. The summed E-state index contributed by atoms with van der Waals surface area (Å²) in [5.41, 5.74) is 3.31.